The summed E-state index contributed by atoms with van der Waals surface area (Å²) in [5.41, 5.74) is 5.67. The zero-order chi connectivity index (χ0) is 20.1. The first-order valence-electron chi connectivity index (χ1n) is 10.3. The van der Waals surface area contributed by atoms with Crippen LogP contribution < -0.4 is 27.2 Å². The van der Waals surface area contributed by atoms with Crippen molar-refractivity contribution in [3.63, 3.8) is 0 Å². The molecule has 4 N–H and O–H groups in total. The number of hydrogen-bond acceptors (Lipinski definition) is 5. The lowest BCUT2D eigenvalue weighted by Gasteiger charge is -2.32. The number of rotatable bonds is 7. The lowest BCUT2D eigenvalue weighted by Crippen LogP contribution is -2.50. The van der Waals surface area contributed by atoms with Crippen LogP contribution in [0, 0.1) is 0 Å². The molecule has 2 heterocycles. The minimum atomic E-state index is -0.483. The Bertz CT molecular complexity index is 794. The van der Waals surface area contributed by atoms with Gasteiger partial charge in [-0.3, -0.25) is 14.3 Å². The number of nitrogens with zero attached hydrogens (tertiary/aromatic N) is 2. The molecule has 0 spiro atoms. The van der Waals surface area contributed by atoms with E-state index in [4.69, 9.17) is 22.7 Å². The molecule has 156 valence electrons. The highest BCUT2D eigenvalue weighted by atomic mass is 32.1. The molecule has 0 radical (unpaired) electrons. The summed E-state index contributed by atoms with van der Waals surface area (Å²) in [6.45, 7) is 3.90. The fourth-order valence-corrected chi connectivity index (χ4v) is 4.38. The van der Waals surface area contributed by atoms with Gasteiger partial charge in [0.05, 0.1) is 6.10 Å². The quantitative estimate of drug-likeness (QED) is 0.589. The van der Waals surface area contributed by atoms with E-state index in [0.29, 0.717) is 18.2 Å². The van der Waals surface area contributed by atoms with Gasteiger partial charge in [-0.15, -0.1) is 0 Å². The number of thiocarbonyl (C=S) groups is 1. The van der Waals surface area contributed by atoms with Gasteiger partial charge in [0.15, 0.2) is 10.8 Å². The number of nitrogens with two attached hydrogens (primary N) is 1. The summed E-state index contributed by atoms with van der Waals surface area (Å²) in [4.78, 5) is 29.3. The van der Waals surface area contributed by atoms with Crippen LogP contribution in [0.15, 0.2) is 9.59 Å². The van der Waals surface area contributed by atoms with Crippen molar-refractivity contribution in [3.05, 3.63) is 20.8 Å². The van der Waals surface area contributed by atoms with E-state index < -0.39 is 11.2 Å². The molecule has 0 bridgehead atoms. The number of nitrogens with one attached hydrogen (secondary N) is 2. The van der Waals surface area contributed by atoms with Gasteiger partial charge >= 0.3 is 5.69 Å². The van der Waals surface area contributed by atoms with Gasteiger partial charge in [-0.05, 0) is 44.3 Å². The first-order valence-corrected chi connectivity index (χ1v) is 10.7. The Balaban J connectivity index is 1.92. The molecule has 2 aliphatic rings. The van der Waals surface area contributed by atoms with Crippen molar-refractivity contribution in [1.82, 2.24) is 14.9 Å². The molecule has 1 aromatic rings. The molecule has 0 aromatic carbocycles. The molecule has 3 rings (SSSR count). The predicted octanol–water partition coefficient (Wildman–Crippen LogP) is 1.72. The number of aromatic nitrogens is 2. The summed E-state index contributed by atoms with van der Waals surface area (Å²) in [5, 5.41) is 3.74. The molecule has 1 aromatic heterocycles. The standard InChI is InChI=1S/C19H31N5O3S/c1-2-3-10-23-16(20)15(17(25)22-18(23)26)24(13-7-4-5-8-13)19(28)21-12-14-9-6-11-27-14/h13-14H,2-12,20H2,1H3,(H,21,28)(H,22,25,26)/t14-/m0/s1. The Morgan fingerprint density at radius 1 is 1.32 bits per heavy atom. The van der Waals surface area contributed by atoms with Crippen molar-refractivity contribution in [3.8, 4) is 0 Å². The first-order chi connectivity index (χ1) is 13.5. The molecule has 0 unspecified atom stereocenters. The van der Waals surface area contributed by atoms with Crippen LogP contribution in [-0.2, 0) is 11.3 Å². The highest BCUT2D eigenvalue weighted by molar-refractivity contribution is 7.80. The van der Waals surface area contributed by atoms with Crippen LogP contribution in [0.5, 0.6) is 0 Å². The van der Waals surface area contributed by atoms with E-state index in [9.17, 15) is 9.59 Å². The molecule has 1 atom stereocenters. The maximum absolute atomic E-state index is 12.7. The second-order valence-electron chi connectivity index (χ2n) is 7.63. The molecule has 1 aliphatic heterocycles. The summed E-state index contributed by atoms with van der Waals surface area (Å²) in [7, 11) is 0. The fourth-order valence-electron chi connectivity index (χ4n) is 4.05. The molecule has 28 heavy (non-hydrogen) atoms. The Labute approximate surface area is 170 Å². The molecule has 1 saturated carbocycles. The van der Waals surface area contributed by atoms with Crippen LogP contribution >= 0.6 is 12.2 Å². The molecule has 8 nitrogen and oxygen atoms in total. The van der Waals surface area contributed by atoms with E-state index >= 15 is 0 Å². The smallest absolute Gasteiger partial charge is 0.330 e. The highest BCUT2D eigenvalue weighted by Crippen LogP contribution is 2.29. The molecular weight excluding hydrogens is 378 g/mol. The van der Waals surface area contributed by atoms with Crippen molar-refractivity contribution in [1.29, 1.82) is 0 Å². The molecule has 9 heteroatoms. The summed E-state index contributed by atoms with van der Waals surface area (Å²) in [5.74, 6) is 0.190. The number of nitrogen functional groups attached to an aromatic ring is 1. The third-order valence-corrected chi connectivity index (χ3v) is 5.94. The van der Waals surface area contributed by atoms with E-state index in [-0.39, 0.29) is 23.7 Å². The summed E-state index contributed by atoms with van der Waals surface area (Å²) in [6, 6.07) is 0.102. The van der Waals surface area contributed by atoms with Crippen molar-refractivity contribution in [2.45, 2.75) is 77.0 Å². The van der Waals surface area contributed by atoms with Gasteiger partial charge in [0.1, 0.15) is 5.82 Å². The second kappa shape index (κ2) is 9.56. The minimum Gasteiger partial charge on any atom is -0.383 e. The number of unbranched alkanes of at least 4 members (excludes halogenated alkanes) is 1. The average Bonchev–Trinajstić information content (AvgIpc) is 3.36. The topological polar surface area (TPSA) is 105 Å². The normalized spacial score (nSPS) is 19.8. The summed E-state index contributed by atoms with van der Waals surface area (Å²) >= 11 is 5.68. The monoisotopic (exact) mass is 409 g/mol. The molecule has 1 saturated heterocycles. The third kappa shape index (κ3) is 4.57. The zero-order valence-electron chi connectivity index (χ0n) is 16.5. The van der Waals surface area contributed by atoms with Gasteiger partial charge in [0, 0.05) is 25.7 Å². The molecule has 1 aliphatic carbocycles. The Kier molecular flexibility index (Phi) is 7.12. The van der Waals surface area contributed by atoms with Crippen LogP contribution in [0.2, 0.25) is 0 Å². The Hall–Kier alpha value is -1.87. The van der Waals surface area contributed by atoms with Gasteiger partial charge in [0.2, 0.25) is 0 Å². The second-order valence-corrected chi connectivity index (χ2v) is 8.01. The molecular formula is C19H31N5O3S. The number of H-pyrrole nitrogens is 1. The van der Waals surface area contributed by atoms with Gasteiger partial charge in [-0.2, -0.15) is 0 Å². The lowest BCUT2D eigenvalue weighted by atomic mass is 10.2. The van der Waals surface area contributed by atoms with Gasteiger partial charge in [-0.25, -0.2) is 4.79 Å². The van der Waals surface area contributed by atoms with E-state index in [1.54, 1.807) is 0 Å². The van der Waals surface area contributed by atoms with Crippen LogP contribution in [0.1, 0.15) is 58.3 Å². The number of anilines is 2. The maximum Gasteiger partial charge on any atom is 0.330 e. The van der Waals surface area contributed by atoms with E-state index in [1.807, 2.05) is 11.8 Å². The predicted molar refractivity (Wildman–Crippen MR) is 115 cm³/mol. The zero-order valence-corrected chi connectivity index (χ0v) is 17.4. The van der Waals surface area contributed by atoms with Crippen LogP contribution in [-0.4, -0.2) is 40.0 Å². The first kappa shape index (κ1) is 20.9. The van der Waals surface area contributed by atoms with Gasteiger partial charge in [0.25, 0.3) is 5.56 Å². The Morgan fingerprint density at radius 3 is 2.71 bits per heavy atom. The molecule has 0 amide bonds. The van der Waals surface area contributed by atoms with E-state index in [1.165, 1.54) is 4.57 Å². The van der Waals surface area contributed by atoms with Gasteiger partial charge < -0.3 is 20.7 Å². The van der Waals surface area contributed by atoms with Crippen molar-refractivity contribution >= 4 is 28.8 Å². The number of hydrogen-bond donors (Lipinski definition) is 3. The highest BCUT2D eigenvalue weighted by Gasteiger charge is 2.31. The largest absolute Gasteiger partial charge is 0.383 e. The van der Waals surface area contributed by atoms with Crippen molar-refractivity contribution < 1.29 is 4.74 Å². The van der Waals surface area contributed by atoms with Crippen LogP contribution in [0.3, 0.4) is 0 Å². The Morgan fingerprint density at radius 2 is 2.07 bits per heavy atom. The minimum absolute atomic E-state index is 0.102. The average molecular weight is 410 g/mol. The van der Waals surface area contributed by atoms with E-state index in [0.717, 1.165) is 58.0 Å². The fraction of sp³-hybridized carbons (Fsp3) is 0.737. The maximum atomic E-state index is 12.7. The number of ether oxygens (including phenoxy) is 1. The third-order valence-electron chi connectivity index (χ3n) is 5.60. The van der Waals surface area contributed by atoms with Gasteiger partial charge in [-0.1, -0.05) is 26.2 Å². The van der Waals surface area contributed by atoms with Crippen LogP contribution in [0.25, 0.3) is 0 Å². The molecule has 2 fully saturated rings. The van der Waals surface area contributed by atoms with Crippen molar-refractivity contribution in [2.24, 2.45) is 0 Å². The number of aromatic amines is 1. The SMILES string of the molecule is CCCCn1c(N)c(N(C(=S)NC[C@@H]2CCCO2)C2CCCC2)c(=O)[nH]c1=O. The summed E-state index contributed by atoms with van der Waals surface area (Å²) < 4.78 is 7.11. The summed E-state index contributed by atoms with van der Waals surface area (Å²) in [6.07, 6.45) is 7.98. The van der Waals surface area contributed by atoms with Crippen molar-refractivity contribution in [2.75, 3.05) is 23.8 Å². The van der Waals surface area contributed by atoms with E-state index in [2.05, 4.69) is 10.3 Å². The lowest BCUT2D eigenvalue weighted by molar-refractivity contribution is 0.114. The van der Waals surface area contributed by atoms with Crippen LogP contribution in [0.4, 0.5) is 11.5 Å².